The molecular weight excluding hydrogens is 316 g/mol. The monoisotopic (exact) mass is 340 g/mol. The summed E-state index contributed by atoms with van der Waals surface area (Å²) in [4.78, 5) is 24.3. The first-order valence-electron chi connectivity index (χ1n) is 9.28. The molecule has 2 fully saturated rings. The van der Waals surface area contributed by atoms with Crippen LogP contribution in [0.25, 0.3) is 0 Å². The number of hydrazone groups is 1. The zero-order chi connectivity index (χ0) is 17.2. The summed E-state index contributed by atoms with van der Waals surface area (Å²) in [7, 11) is 0. The third-order valence-electron chi connectivity index (χ3n) is 5.87. The fraction of sp³-hybridized carbons (Fsp3) is 0.550. The van der Waals surface area contributed by atoms with Crippen LogP contribution >= 0.6 is 0 Å². The molecule has 0 N–H and O–H groups in total. The van der Waals surface area contributed by atoms with Gasteiger partial charge in [0.1, 0.15) is 0 Å². The SMILES string of the molecule is O=C(C[C@H]1C[C@@H]2CC[C@@H]1C2)OCC(=O)N1CCC(c2ccccc2)=N1. The average Bonchev–Trinajstić information content (AvgIpc) is 3.37. The van der Waals surface area contributed by atoms with E-state index in [1.54, 1.807) is 0 Å². The van der Waals surface area contributed by atoms with E-state index in [1.165, 1.54) is 24.3 Å². The first-order chi connectivity index (χ1) is 12.2. The highest BCUT2D eigenvalue weighted by molar-refractivity contribution is 6.02. The average molecular weight is 340 g/mol. The van der Waals surface area contributed by atoms with Crippen LogP contribution in [0.15, 0.2) is 35.4 Å². The van der Waals surface area contributed by atoms with Gasteiger partial charge in [0.25, 0.3) is 5.91 Å². The van der Waals surface area contributed by atoms with Crippen molar-refractivity contribution >= 4 is 17.6 Å². The number of rotatable bonds is 5. The lowest BCUT2D eigenvalue weighted by Gasteiger charge is -2.20. The summed E-state index contributed by atoms with van der Waals surface area (Å²) in [6, 6.07) is 9.85. The van der Waals surface area contributed by atoms with Crippen molar-refractivity contribution < 1.29 is 14.3 Å². The maximum atomic E-state index is 12.2. The molecule has 2 saturated carbocycles. The number of hydrogen-bond acceptors (Lipinski definition) is 4. The standard InChI is InChI=1S/C20H24N2O3/c23-19(22-9-8-18(21-22)15-4-2-1-3-5-15)13-25-20(24)12-17-11-14-6-7-16(17)10-14/h1-5,14,16-17H,6-13H2/t14-,16-,17-/m1/s1. The molecule has 1 aromatic carbocycles. The lowest BCUT2D eigenvalue weighted by atomic mass is 9.86. The van der Waals surface area contributed by atoms with Crippen LogP contribution < -0.4 is 0 Å². The molecule has 132 valence electrons. The predicted octanol–water partition coefficient (Wildman–Crippen LogP) is 2.99. The first kappa shape index (κ1) is 16.3. The van der Waals surface area contributed by atoms with E-state index in [0.717, 1.165) is 30.0 Å². The molecule has 1 amide bonds. The van der Waals surface area contributed by atoms with E-state index in [1.807, 2.05) is 30.3 Å². The minimum atomic E-state index is -0.243. The molecule has 1 heterocycles. The molecule has 5 heteroatoms. The first-order valence-corrected chi connectivity index (χ1v) is 9.28. The summed E-state index contributed by atoms with van der Waals surface area (Å²) in [6.45, 7) is 0.345. The highest BCUT2D eigenvalue weighted by atomic mass is 16.5. The summed E-state index contributed by atoms with van der Waals surface area (Å²) < 4.78 is 5.23. The second kappa shape index (κ2) is 6.98. The lowest BCUT2D eigenvalue weighted by molar-refractivity contribution is -0.153. The maximum absolute atomic E-state index is 12.2. The molecule has 0 aromatic heterocycles. The summed E-state index contributed by atoms with van der Waals surface area (Å²) in [5.74, 6) is 1.50. The molecule has 4 rings (SSSR count). The number of nitrogens with zero attached hydrogens (tertiary/aromatic N) is 2. The Morgan fingerprint density at radius 1 is 1.16 bits per heavy atom. The zero-order valence-electron chi connectivity index (χ0n) is 14.4. The maximum Gasteiger partial charge on any atom is 0.306 e. The third kappa shape index (κ3) is 3.60. The highest BCUT2D eigenvalue weighted by Crippen LogP contribution is 2.49. The van der Waals surface area contributed by atoms with Crippen molar-refractivity contribution in [2.75, 3.05) is 13.2 Å². The second-order valence-electron chi connectivity index (χ2n) is 7.48. The summed E-state index contributed by atoms with van der Waals surface area (Å²) in [5, 5.41) is 5.80. The van der Waals surface area contributed by atoms with Gasteiger partial charge in [0.05, 0.1) is 12.3 Å². The number of fused-ring (bicyclic) bond motifs is 2. The molecule has 0 radical (unpaired) electrons. The second-order valence-corrected chi connectivity index (χ2v) is 7.48. The van der Waals surface area contributed by atoms with Crippen LogP contribution in [0.5, 0.6) is 0 Å². The summed E-state index contributed by atoms with van der Waals surface area (Å²) in [6.07, 6.45) is 6.21. The number of carbonyl (C=O) groups is 2. The topological polar surface area (TPSA) is 59.0 Å². The van der Waals surface area contributed by atoms with Gasteiger partial charge in [-0.1, -0.05) is 36.8 Å². The van der Waals surface area contributed by atoms with Gasteiger partial charge in [-0.25, -0.2) is 5.01 Å². The van der Waals surface area contributed by atoms with Crippen molar-refractivity contribution in [3.05, 3.63) is 35.9 Å². The van der Waals surface area contributed by atoms with Crippen LogP contribution in [0.4, 0.5) is 0 Å². The van der Waals surface area contributed by atoms with Gasteiger partial charge in [0.15, 0.2) is 6.61 Å². The fourth-order valence-corrected chi connectivity index (χ4v) is 4.59. The molecule has 0 saturated heterocycles. The Labute approximate surface area is 148 Å². The predicted molar refractivity (Wildman–Crippen MR) is 93.8 cm³/mol. The Bertz CT molecular complexity index is 685. The van der Waals surface area contributed by atoms with E-state index in [-0.39, 0.29) is 18.5 Å². The summed E-state index contributed by atoms with van der Waals surface area (Å²) >= 11 is 0. The van der Waals surface area contributed by atoms with E-state index in [0.29, 0.717) is 24.8 Å². The Morgan fingerprint density at radius 3 is 2.72 bits per heavy atom. The van der Waals surface area contributed by atoms with Gasteiger partial charge >= 0.3 is 5.97 Å². The molecule has 1 aromatic rings. The van der Waals surface area contributed by atoms with E-state index < -0.39 is 0 Å². The molecule has 0 spiro atoms. The van der Waals surface area contributed by atoms with E-state index in [4.69, 9.17) is 4.74 Å². The van der Waals surface area contributed by atoms with Gasteiger partial charge in [0, 0.05) is 12.8 Å². The molecule has 3 aliphatic rings. The number of ether oxygens (including phenoxy) is 1. The molecule has 0 unspecified atom stereocenters. The molecule has 2 bridgehead atoms. The van der Waals surface area contributed by atoms with Crippen molar-refractivity contribution in [3.8, 4) is 0 Å². The number of benzene rings is 1. The number of esters is 1. The van der Waals surface area contributed by atoms with E-state index in [2.05, 4.69) is 5.10 Å². The zero-order valence-corrected chi connectivity index (χ0v) is 14.4. The van der Waals surface area contributed by atoms with Gasteiger partial charge in [0.2, 0.25) is 0 Å². The van der Waals surface area contributed by atoms with Gasteiger partial charge < -0.3 is 4.74 Å². The molecule has 1 aliphatic heterocycles. The largest absolute Gasteiger partial charge is 0.455 e. The molecule has 25 heavy (non-hydrogen) atoms. The van der Waals surface area contributed by atoms with E-state index in [9.17, 15) is 9.59 Å². The third-order valence-corrected chi connectivity index (χ3v) is 5.87. The van der Waals surface area contributed by atoms with Gasteiger partial charge in [-0.15, -0.1) is 0 Å². The van der Waals surface area contributed by atoms with Crippen molar-refractivity contribution in [2.24, 2.45) is 22.9 Å². The summed E-state index contributed by atoms with van der Waals surface area (Å²) in [5.41, 5.74) is 1.94. The molecule has 5 nitrogen and oxygen atoms in total. The Balaban J connectivity index is 1.25. The Kier molecular flexibility index (Phi) is 4.55. The minimum Gasteiger partial charge on any atom is -0.455 e. The van der Waals surface area contributed by atoms with Crippen LogP contribution in [0.1, 0.15) is 44.1 Å². The lowest BCUT2D eigenvalue weighted by Crippen LogP contribution is -2.29. The van der Waals surface area contributed by atoms with Crippen LogP contribution in [-0.4, -0.2) is 35.7 Å². The molecular formula is C20H24N2O3. The van der Waals surface area contributed by atoms with Crippen LogP contribution in [0.2, 0.25) is 0 Å². The van der Waals surface area contributed by atoms with E-state index >= 15 is 0 Å². The molecule has 2 aliphatic carbocycles. The van der Waals surface area contributed by atoms with Crippen LogP contribution in [-0.2, 0) is 14.3 Å². The highest BCUT2D eigenvalue weighted by Gasteiger charge is 2.40. The van der Waals surface area contributed by atoms with Gasteiger partial charge in [-0.3, -0.25) is 9.59 Å². The number of carbonyl (C=O) groups excluding carboxylic acids is 2. The van der Waals surface area contributed by atoms with Gasteiger partial charge in [-0.05, 0) is 42.6 Å². The van der Waals surface area contributed by atoms with Crippen molar-refractivity contribution in [3.63, 3.8) is 0 Å². The van der Waals surface area contributed by atoms with Gasteiger partial charge in [-0.2, -0.15) is 5.10 Å². The minimum absolute atomic E-state index is 0.203. The number of hydrogen-bond donors (Lipinski definition) is 0. The Hall–Kier alpha value is -2.17. The smallest absolute Gasteiger partial charge is 0.306 e. The molecule has 3 atom stereocenters. The fourth-order valence-electron chi connectivity index (χ4n) is 4.59. The Morgan fingerprint density at radius 2 is 2.00 bits per heavy atom. The van der Waals surface area contributed by atoms with Crippen molar-refractivity contribution in [1.82, 2.24) is 5.01 Å². The van der Waals surface area contributed by atoms with Crippen LogP contribution in [0, 0.1) is 17.8 Å². The van der Waals surface area contributed by atoms with Crippen molar-refractivity contribution in [2.45, 2.75) is 38.5 Å². The number of amides is 1. The van der Waals surface area contributed by atoms with Crippen LogP contribution in [0.3, 0.4) is 0 Å². The quantitative estimate of drug-likeness (QED) is 0.774. The van der Waals surface area contributed by atoms with Crippen molar-refractivity contribution in [1.29, 1.82) is 0 Å². The normalized spacial score (nSPS) is 27.4.